The van der Waals surface area contributed by atoms with Gasteiger partial charge in [0.2, 0.25) is 0 Å². The van der Waals surface area contributed by atoms with Crippen molar-refractivity contribution in [3.05, 3.63) is 29.3 Å². The summed E-state index contributed by atoms with van der Waals surface area (Å²) in [6, 6.07) is 8.29. The van der Waals surface area contributed by atoms with E-state index >= 15 is 0 Å². The van der Waals surface area contributed by atoms with Gasteiger partial charge in [0.05, 0.1) is 0 Å². The van der Waals surface area contributed by atoms with E-state index in [1.807, 2.05) is 0 Å². The molecule has 0 amide bonds. The number of anilines is 1. The zero-order valence-electron chi connectivity index (χ0n) is 14.6. The SMILES string of the molecule is Cc1ccc(NC2CCN(C3CCC(C)CC3)CC2)cc1C. The van der Waals surface area contributed by atoms with Crippen LogP contribution in [-0.4, -0.2) is 30.1 Å². The van der Waals surface area contributed by atoms with Gasteiger partial charge in [0, 0.05) is 30.9 Å². The molecule has 1 aromatic rings. The molecule has 2 aliphatic rings. The van der Waals surface area contributed by atoms with Crippen LogP contribution < -0.4 is 5.32 Å². The Kier molecular flexibility index (Phi) is 5.07. The summed E-state index contributed by atoms with van der Waals surface area (Å²) in [5, 5.41) is 3.75. The monoisotopic (exact) mass is 300 g/mol. The number of nitrogens with zero attached hydrogens (tertiary/aromatic N) is 1. The van der Waals surface area contributed by atoms with Gasteiger partial charge in [-0.25, -0.2) is 0 Å². The molecule has 0 bridgehead atoms. The number of likely N-dealkylation sites (tertiary alicyclic amines) is 1. The summed E-state index contributed by atoms with van der Waals surface area (Å²) in [5.41, 5.74) is 4.07. The zero-order valence-corrected chi connectivity index (χ0v) is 14.6. The first kappa shape index (κ1) is 15.9. The molecule has 2 fully saturated rings. The van der Waals surface area contributed by atoms with Crippen molar-refractivity contribution < 1.29 is 0 Å². The molecule has 0 spiro atoms. The Morgan fingerprint density at radius 2 is 1.59 bits per heavy atom. The van der Waals surface area contributed by atoms with E-state index in [2.05, 4.69) is 49.2 Å². The minimum Gasteiger partial charge on any atom is -0.382 e. The van der Waals surface area contributed by atoms with E-state index in [0.29, 0.717) is 6.04 Å². The maximum Gasteiger partial charge on any atom is 0.0345 e. The summed E-state index contributed by atoms with van der Waals surface area (Å²) in [7, 11) is 0. The fourth-order valence-corrected chi connectivity index (χ4v) is 4.08. The normalized spacial score (nSPS) is 27.8. The number of rotatable bonds is 3. The molecule has 1 aromatic carbocycles. The van der Waals surface area contributed by atoms with Gasteiger partial charge in [-0.2, -0.15) is 0 Å². The van der Waals surface area contributed by atoms with Crippen molar-refractivity contribution in [2.75, 3.05) is 18.4 Å². The second kappa shape index (κ2) is 7.04. The number of hydrogen-bond acceptors (Lipinski definition) is 2. The second-order valence-corrected chi connectivity index (χ2v) is 7.67. The van der Waals surface area contributed by atoms with Crippen LogP contribution in [0.2, 0.25) is 0 Å². The van der Waals surface area contributed by atoms with E-state index in [4.69, 9.17) is 0 Å². The lowest BCUT2D eigenvalue weighted by molar-refractivity contribution is 0.113. The van der Waals surface area contributed by atoms with Crippen molar-refractivity contribution in [2.45, 2.75) is 71.4 Å². The lowest BCUT2D eigenvalue weighted by Crippen LogP contribution is -2.45. The van der Waals surface area contributed by atoms with E-state index in [-0.39, 0.29) is 0 Å². The van der Waals surface area contributed by atoms with Crippen LogP contribution in [0.1, 0.15) is 56.6 Å². The Morgan fingerprint density at radius 1 is 0.909 bits per heavy atom. The summed E-state index contributed by atoms with van der Waals surface area (Å²) >= 11 is 0. The predicted octanol–water partition coefficient (Wildman–Crippen LogP) is 4.76. The molecule has 0 unspecified atom stereocenters. The minimum atomic E-state index is 0.654. The van der Waals surface area contributed by atoms with Crippen LogP contribution >= 0.6 is 0 Å². The molecule has 0 aromatic heterocycles. The Morgan fingerprint density at radius 3 is 2.23 bits per heavy atom. The number of benzene rings is 1. The third kappa shape index (κ3) is 3.84. The summed E-state index contributed by atoms with van der Waals surface area (Å²) in [4.78, 5) is 2.77. The second-order valence-electron chi connectivity index (χ2n) is 7.67. The maximum absolute atomic E-state index is 3.75. The number of piperidine rings is 1. The van der Waals surface area contributed by atoms with E-state index < -0.39 is 0 Å². The van der Waals surface area contributed by atoms with Gasteiger partial charge >= 0.3 is 0 Å². The van der Waals surface area contributed by atoms with Gasteiger partial charge in [-0.15, -0.1) is 0 Å². The first-order valence-corrected chi connectivity index (χ1v) is 9.19. The summed E-state index contributed by atoms with van der Waals surface area (Å²) < 4.78 is 0. The third-order valence-corrected chi connectivity index (χ3v) is 5.91. The molecule has 0 atom stereocenters. The summed E-state index contributed by atoms with van der Waals surface area (Å²) in [6.07, 6.45) is 8.31. The molecule has 122 valence electrons. The van der Waals surface area contributed by atoms with Gasteiger partial charge < -0.3 is 10.2 Å². The van der Waals surface area contributed by atoms with Gasteiger partial charge in [0.25, 0.3) is 0 Å². The smallest absolute Gasteiger partial charge is 0.0345 e. The highest BCUT2D eigenvalue weighted by atomic mass is 15.2. The van der Waals surface area contributed by atoms with Crippen LogP contribution in [0, 0.1) is 19.8 Å². The van der Waals surface area contributed by atoms with Crippen molar-refractivity contribution in [1.29, 1.82) is 0 Å². The van der Waals surface area contributed by atoms with Gasteiger partial charge in [-0.3, -0.25) is 0 Å². The third-order valence-electron chi connectivity index (χ3n) is 5.91. The van der Waals surface area contributed by atoms with Crippen molar-refractivity contribution >= 4 is 5.69 Å². The van der Waals surface area contributed by atoms with Crippen molar-refractivity contribution in [3.63, 3.8) is 0 Å². The zero-order chi connectivity index (χ0) is 15.5. The minimum absolute atomic E-state index is 0.654. The van der Waals surface area contributed by atoms with Crippen molar-refractivity contribution in [2.24, 2.45) is 5.92 Å². The topological polar surface area (TPSA) is 15.3 Å². The van der Waals surface area contributed by atoms with E-state index in [9.17, 15) is 0 Å². The molecule has 1 N–H and O–H groups in total. The van der Waals surface area contributed by atoms with Gasteiger partial charge in [0.1, 0.15) is 0 Å². The number of hydrogen-bond donors (Lipinski definition) is 1. The van der Waals surface area contributed by atoms with Crippen LogP contribution in [0.4, 0.5) is 5.69 Å². The maximum atomic E-state index is 3.75. The molecule has 2 heteroatoms. The molecule has 1 aliphatic carbocycles. The highest BCUT2D eigenvalue weighted by Gasteiger charge is 2.27. The number of aryl methyl sites for hydroxylation is 2. The lowest BCUT2D eigenvalue weighted by atomic mass is 9.85. The Bertz CT molecular complexity index is 480. The molecule has 1 heterocycles. The lowest BCUT2D eigenvalue weighted by Gasteiger charge is -2.40. The van der Waals surface area contributed by atoms with Crippen LogP contribution in [-0.2, 0) is 0 Å². The molecule has 1 saturated carbocycles. The van der Waals surface area contributed by atoms with Crippen molar-refractivity contribution in [3.8, 4) is 0 Å². The van der Waals surface area contributed by atoms with Gasteiger partial charge in [0.15, 0.2) is 0 Å². The molecule has 2 nitrogen and oxygen atoms in total. The van der Waals surface area contributed by atoms with Crippen LogP contribution in [0.25, 0.3) is 0 Å². The Labute approximate surface area is 136 Å². The fourth-order valence-electron chi connectivity index (χ4n) is 4.08. The Balaban J connectivity index is 1.48. The van der Waals surface area contributed by atoms with Gasteiger partial charge in [-0.1, -0.05) is 13.0 Å². The van der Waals surface area contributed by atoms with Crippen LogP contribution in [0.5, 0.6) is 0 Å². The molecule has 22 heavy (non-hydrogen) atoms. The van der Waals surface area contributed by atoms with Crippen LogP contribution in [0.3, 0.4) is 0 Å². The average Bonchev–Trinajstić information content (AvgIpc) is 2.53. The molecule has 3 rings (SSSR count). The summed E-state index contributed by atoms with van der Waals surface area (Å²) in [6.45, 7) is 9.36. The first-order valence-electron chi connectivity index (χ1n) is 9.19. The molecule has 0 radical (unpaired) electrons. The van der Waals surface area contributed by atoms with E-state index in [1.54, 1.807) is 0 Å². The largest absolute Gasteiger partial charge is 0.382 e. The van der Waals surface area contributed by atoms with Gasteiger partial charge in [-0.05, 0) is 81.5 Å². The molecule has 1 saturated heterocycles. The average molecular weight is 300 g/mol. The van der Waals surface area contributed by atoms with Crippen molar-refractivity contribution in [1.82, 2.24) is 4.90 Å². The highest BCUT2D eigenvalue weighted by Crippen LogP contribution is 2.29. The quantitative estimate of drug-likeness (QED) is 0.866. The fraction of sp³-hybridized carbons (Fsp3) is 0.700. The Hall–Kier alpha value is -1.02. The highest BCUT2D eigenvalue weighted by molar-refractivity contribution is 5.48. The van der Waals surface area contributed by atoms with E-state index in [1.165, 1.54) is 68.4 Å². The van der Waals surface area contributed by atoms with Crippen LogP contribution in [0.15, 0.2) is 18.2 Å². The molecule has 1 aliphatic heterocycles. The standard InChI is InChI=1S/C20H32N2/c1-15-4-8-20(9-5-15)22-12-10-18(11-13-22)21-19-7-6-16(2)17(3)14-19/h6-7,14-15,18,20-21H,4-5,8-13H2,1-3H3. The number of nitrogens with one attached hydrogen (secondary N) is 1. The summed E-state index contributed by atoms with van der Waals surface area (Å²) in [5.74, 6) is 0.959. The first-order chi connectivity index (χ1) is 10.6. The van der Waals surface area contributed by atoms with E-state index in [0.717, 1.165) is 12.0 Å². The molecular formula is C20H32N2. The predicted molar refractivity (Wildman–Crippen MR) is 95.6 cm³/mol. The molecular weight excluding hydrogens is 268 g/mol.